The van der Waals surface area contributed by atoms with E-state index in [2.05, 4.69) is 28.9 Å². The molecule has 1 aromatic heterocycles. The van der Waals surface area contributed by atoms with E-state index in [1.807, 2.05) is 12.3 Å². The monoisotopic (exact) mass is 269 g/mol. The fourth-order valence-corrected chi connectivity index (χ4v) is 2.73. The van der Waals surface area contributed by atoms with E-state index in [1.165, 1.54) is 31.6 Å². The molecule has 0 bridgehead atoms. The molecule has 2 rings (SSSR count). The van der Waals surface area contributed by atoms with E-state index >= 15 is 0 Å². The second-order valence-corrected chi connectivity index (χ2v) is 5.01. The summed E-state index contributed by atoms with van der Waals surface area (Å²) in [5, 5.41) is 0. The van der Waals surface area contributed by atoms with E-state index in [0.717, 1.165) is 18.9 Å². The Balaban J connectivity index is 0.00000162. The van der Waals surface area contributed by atoms with Crippen LogP contribution < -0.4 is 5.73 Å². The molecule has 2 atom stereocenters. The van der Waals surface area contributed by atoms with Crippen molar-refractivity contribution in [2.75, 3.05) is 19.6 Å². The molecule has 2 unspecified atom stereocenters. The summed E-state index contributed by atoms with van der Waals surface area (Å²) in [5.41, 5.74) is 6.84. The van der Waals surface area contributed by atoms with Crippen molar-refractivity contribution in [3.05, 3.63) is 30.1 Å². The Kier molecular flexibility index (Phi) is 6.61. The van der Waals surface area contributed by atoms with Gasteiger partial charge in [0.2, 0.25) is 0 Å². The predicted molar refractivity (Wildman–Crippen MR) is 77.9 cm³/mol. The average molecular weight is 270 g/mol. The summed E-state index contributed by atoms with van der Waals surface area (Å²) in [6.07, 6.45) is 5.67. The van der Waals surface area contributed by atoms with Crippen molar-refractivity contribution in [1.82, 2.24) is 9.88 Å². The lowest BCUT2D eigenvalue weighted by Crippen LogP contribution is -2.38. The highest BCUT2D eigenvalue weighted by Crippen LogP contribution is 2.26. The topological polar surface area (TPSA) is 42.2 Å². The van der Waals surface area contributed by atoms with Crippen molar-refractivity contribution < 1.29 is 0 Å². The molecule has 2 N–H and O–H groups in total. The smallest absolute Gasteiger partial charge is 0.0572 e. The van der Waals surface area contributed by atoms with Crippen molar-refractivity contribution in [2.45, 2.75) is 32.2 Å². The van der Waals surface area contributed by atoms with E-state index in [-0.39, 0.29) is 12.4 Å². The first-order valence-electron chi connectivity index (χ1n) is 6.66. The maximum Gasteiger partial charge on any atom is 0.0572 e. The van der Waals surface area contributed by atoms with Gasteiger partial charge in [0.15, 0.2) is 0 Å². The molecule has 0 spiro atoms. The third-order valence-electron chi connectivity index (χ3n) is 3.79. The zero-order chi connectivity index (χ0) is 12.1. The molecule has 18 heavy (non-hydrogen) atoms. The molecule has 0 radical (unpaired) electrons. The van der Waals surface area contributed by atoms with Gasteiger partial charge in [-0.25, -0.2) is 0 Å². The molecule has 4 heteroatoms. The maximum atomic E-state index is 5.66. The van der Waals surface area contributed by atoms with Gasteiger partial charge in [0.1, 0.15) is 0 Å². The second kappa shape index (κ2) is 7.72. The predicted octanol–water partition coefficient (Wildman–Crippen LogP) is 2.63. The minimum absolute atomic E-state index is 0. The summed E-state index contributed by atoms with van der Waals surface area (Å²) in [6, 6.07) is 6.60. The van der Waals surface area contributed by atoms with Crippen LogP contribution in [0.3, 0.4) is 0 Å². The molecule has 0 amide bonds. The van der Waals surface area contributed by atoms with Gasteiger partial charge in [-0.15, -0.1) is 12.4 Å². The molecular weight excluding hydrogens is 246 g/mol. The highest BCUT2D eigenvalue weighted by molar-refractivity contribution is 5.85. The van der Waals surface area contributed by atoms with Crippen LogP contribution in [0.2, 0.25) is 0 Å². The molecule has 1 aliphatic heterocycles. The van der Waals surface area contributed by atoms with Crippen molar-refractivity contribution in [3.8, 4) is 0 Å². The number of aromatic nitrogens is 1. The van der Waals surface area contributed by atoms with Gasteiger partial charge in [-0.3, -0.25) is 9.88 Å². The Hall–Kier alpha value is -0.640. The number of hydrogen-bond donors (Lipinski definition) is 1. The molecule has 1 fully saturated rings. The SMILES string of the molecule is CC(c1ccccn1)N1CCCC(CCN)C1.Cl. The molecular formula is C14H24ClN3. The first-order chi connectivity index (χ1) is 8.31. The summed E-state index contributed by atoms with van der Waals surface area (Å²) in [7, 11) is 0. The number of pyridine rings is 1. The zero-order valence-corrected chi connectivity index (χ0v) is 11.9. The van der Waals surface area contributed by atoms with Crippen LogP contribution >= 0.6 is 12.4 Å². The lowest BCUT2D eigenvalue weighted by molar-refractivity contribution is 0.126. The van der Waals surface area contributed by atoms with Gasteiger partial charge in [0, 0.05) is 18.8 Å². The van der Waals surface area contributed by atoms with Crippen molar-refractivity contribution >= 4 is 12.4 Å². The lowest BCUT2D eigenvalue weighted by Gasteiger charge is -2.36. The highest BCUT2D eigenvalue weighted by atomic mass is 35.5. The number of piperidine rings is 1. The fraction of sp³-hybridized carbons (Fsp3) is 0.643. The quantitative estimate of drug-likeness (QED) is 0.914. The van der Waals surface area contributed by atoms with Gasteiger partial charge in [0.25, 0.3) is 0 Å². The molecule has 0 saturated carbocycles. The summed E-state index contributed by atoms with van der Waals surface area (Å²) in [4.78, 5) is 7.01. The Morgan fingerprint density at radius 2 is 2.33 bits per heavy atom. The molecule has 3 nitrogen and oxygen atoms in total. The Bertz CT molecular complexity index is 329. The minimum atomic E-state index is 0. The lowest BCUT2D eigenvalue weighted by atomic mass is 9.93. The Labute approximate surface area is 116 Å². The average Bonchev–Trinajstić information content (AvgIpc) is 2.40. The number of nitrogens with zero attached hydrogens (tertiary/aromatic N) is 2. The zero-order valence-electron chi connectivity index (χ0n) is 11.1. The van der Waals surface area contributed by atoms with Gasteiger partial charge >= 0.3 is 0 Å². The van der Waals surface area contributed by atoms with Crippen LogP contribution in [0.4, 0.5) is 0 Å². The van der Waals surface area contributed by atoms with E-state index < -0.39 is 0 Å². The van der Waals surface area contributed by atoms with Crippen LogP contribution in [0.5, 0.6) is 0 Å². The fourth-order valence-electron chi connectivity index (χ4n) is 2.73. The van der Waals surface area contributed by atoms with E-state index in [0.29, 0.717) is 6.04 Å². The standard InChI is InChI=1S/C14H23N3.ClH/c1-12(14-6-2-3-9-16-14)17-10-4-5-13(11-17)7-8-15;/h2-3,6,9,12-13H,4-5,7-8,10-11,15H2,1H3;1H. The number of rotatable bonds is 4. The number of likely N-dealkylation sites (tertiary alicyclic amines) is 1. The molecule has 1 aromatic rings. The molecule has 2 heterocycles. The molecule has 102 valence electrons. The van der Waals surface area contributed by atoms with Gasteiger partial charge in [0.05, 0.1) is 5.69 Å². The largest absolute Gasteiger partial charge is 0.330 e. The van der Waals surface area contributed by atoms with E-state index in [4.69, 9.17) is 5.73 Å². The van der Waals surface area contributed by atoms with Gasteiger partial charge in [-0.1, -0.05) is 6.07 Å². The third-order valence-corrected chi connectivity index (χ3v) is 3.79. The normalized spacial score (nSPS) is 22.2. The van der Waals surface area contributed by atoms with Gasteiger partial charge in [-0.2, -0.15) is 0 Å². The van der Waals surface area contributed by atoms with Crippen LogP contribution in [0.25, 0.3) is 0 Å². The van der Waals surface area contributed by atoms with Crippen LogP contribution in [0.15, 0.2) is 24.4 Å². The van der Waals surface area contributed by atoms with Crippen molar-refractivity contribution in [2.24, 2.45) is 11.7 Å². The summed E-state index contributed by atoms with van der Waals surface area (Å²) in [6.45, 7) is 5.44. The van der Waals surface area contributed by atoms with E-state index in [9.17, 15) is 0 Å². The second-order valence-electron chi connectivity index (χ2n) is 5.01. The van der Waals surface area contributed by atoms with E-state index in [1.54, 1.807) is 0 Å². The first-order valence-corrected chi connectivity index (χ1v) is 6.66. The highest BCUT2D eigenvalue weighted by Gasteiger charge is 2.24. The van der Waals surface area contributed by atoms with Crippen LogP contribution in [-0.2, 0) is 0 Å². The molecule has 1 aliphatic rings. The summed E-state index contributed by atoms with van der Waals surface area (Å²) >= 11 is 0. The van der Waals surface area contributed by atoms with Gasteiger partial charge in [-0.05, 0) is 57.3 Å². The van der Waals surface area contributed by atoms with Gasteiger partial charge < -0.3 is 5.73 Å². The number of hydrogen-bond acceptors (Lipinski definition) is 3. The Morgan fingerprint density at radius 3 is 3.00 bits per heavy atom. The summed E-state index contributed by atoms with van der Waals surface area (Å²) in [5.74, 6) is 0.778. The van der Waals surface area contributed by atoms with Crippen LogP contribution in [0, 0.1) is 5.92 Å². The summed E-state index contributed by atoms with van der Waals surface area (Å²) < 4.78 is 0. The van der Waals surface area contributed by atoms with Crippen molar-refractivity contribution in [3.63, 3.8) is 0 Å². The molecule has 0 aliphatic carbocycles. The van der Waals surface area contributed by atoms with Crippen LogP contribution in [0.1, 0.15) is 37.9 Å². The van der Waals surface area contributed by atoms with Crippen molar-refractivity contribution in [1.29, 1.82) is 0 Å². The van der Waals surface area contributed by atoms with Crippen LogP contribution in [-0.4, -0.2) is 29.5 Å². The molecule has 0 aromatic carbocycles. The Morgan fingerprint density at radius 1 is 1.50 bits per heavy atom. The minimum Gasteiger partial charge on any atom is -0.330 e. The first kappa shape index (κ1) is 15.4. The maximum absolute atomic E-state index is 5.66. The molecule has 1 saturated heterocycles. The number of halogens is 1. The third kappa shape index (κ3) is 3.94. The number of nitrogens with two attached hydrogens (primary N) is 1.